The Balaban J connectivity index is 0.00000161. The fourth-order valence-electron chi connectivity index (χ4n) is 2.38. The molecule has 2 fully saturated rings. The van der Waals surface area contributed by atoms with Gasteiger partial charge in [0, 0.05) is 32.4 Å². The molecule has 0 aliphatic carbocycles. The lowest BCUT2D eigenvalue weighted by Crippen LogP contribution is -2.29. The summed E-state index contributed by atoms with van der Waals surface area (Å²) < 4.78 is 0. The third-order valence-electron chi connectivity index (χ3n) is 3.55. The minimum atomic E-state index is 0. The number of likely N-dealkylation sites (tertiary alicyclic amines) is 1. The Morgan fingerprint density at radius 3 is 2.43 bits per heavy atom. The van der Waals surface area contributed by atoms with Crippen LogP contribution < -0.4 is 0 Å². The molecule has 2 aliphatic heterocycles. The van der Waals surface area contributed by atoms with Crippen molar-refractivity contribution >= 4 is 41.0 Å². The van der Waals surface area contributed by atoms with Crippen molar-refractivity contribution in [3.8, 4) is 0 Å². The van der Waals surface area contributed by atoms with Crippen LogP contribution in [0.5, 0.6) is 0 Å². The van der Waals surface area contributed by atoms with Crippen LogP contribution in [-0.2, 0) is 0 Å². The molecule has 0 radical (unpaired) electrons. The number of nitrogens with zero attached hydrogens (tertiary/aromatic N) is 4. The Bertz CT molecular complexity index is 512. The minimum absolute atomic E-state index is 0. The van der Waals surface area contributed by atoms with Gasteiger partial charge in [0.05, 0.1) is 5.69 Å². The molecular formula is C15H21ClN4S. The van der Waals surface area contributed by atoms with E-state index in [1.54, 1.807) is 0 Å². The van der Waals surface area contributed by atoms with Crippen LogP contribution in [0.4, 0.5) is 5.69 Å². The zero-order chi connectivity index (χ0) is 13.8. The third-order valence-corrected chi connectivity index (χ3v) is 4.60. The molecule has 2 aliphatic rings. The van der Waals surface area contributed by atoms with Crippen molar-refractivity contribution in [2.75, 3.05) is 32.4 Å². The van der Waals surface area contributed by atoms with Crippen molar-refractivity contribution in [2.45, 2.75) is 12.8 Å². The molecular weight excluding hydrogens is 304 g/mol. The van der Waals surface area contributed by atoms with Gasteiger partial charge in [-0.3, -0.25) is 0 Å². The van der Waals surface area contributed by atoms with Gasteiger partial charge in [0.1, 0.15) is 0 Å². The number of para-hydroxylation sites is 1. The molecule has 3 rings (SSSR count). The van der Waals surface area contributed by atoms with Gasteiger partial charge < -0.3 is 9.80 Å². The monoisotopic (exact) mass is 324 g/mol. The van der Waals surface area contributed by atoms with Gasteiger partial charge in [0.15, 0.2) is 5.17 Å². The molecule has 6 heteroatoms. The zero-order valence-electron chi connectivity index (χ0n) is 12.2. The number of guanidine groups is 1. The van der Waals surface area contributed by atoms with Gasteiger partial charge in [0.2, 0.25) is 5.96 Å². The summed E-state index contributed by atoms with van der Waals surface area (Å²) in [6, 6.07) is 10.1. The van der Waals surface area contributed by atoms with Crippen LogP contribution in [0.2, 0.25) is 0 Å². The van der Waals surface area contributed by atoms with E-state index in [1.165, 1.54) is 12.8 Å². The van der Waals surface area contributed by atoms with E-state index in [-0.39, 0.29) is 12.4 Å². The molecule has 1 aromatic carbocycles. The van der Waals surface area contributed by atoms with Gasteiger partial charge in [-0.2, -0.15) is 4.99 Å². The van der Waals surface area contributed by atoms with E-state index in [4.69, 9.17) is 9.98 Å². The van der Waals surface area contributed by atoms with Crippen molar-refractivity contribution in [3.63, 3.8) is 0 Å². The normalized spacial score (nSPS) is 21.0. The summed E-state index contributed by atoms with van der Waals surface area (Å²) in [6.45, 7) is 3.20. The number of rotatable bonds is 1. The minimum Gasteiger partial charge on any atom is -0.353 e. The van der Waals surface area contributed by atoms with Crippen molar-refractivity contribution in [1.29, 1.82) is 0 Å². The van der Waals surface area contributed by atoms with Crippen molar-refractivity contribution in [2.24, 2.45) is 9.98 Å². The fourth-order valence-corrected chi connectivity index (χ4v) is 3.39. The predicted octanol–water partition coefficient (Wildman–Crippen LogP) is 3.23. The van der Waals surface area contributed by atoms with Gasteiger partial charge in [-0.15, -0.1) is 12.4 Å². The topological polar surface area (TPSA) is 31.2 Å². The maximum Gasteiger partial charge on any atom is 0.228 e. The first-order chi connectivity index (χ1) is 9.83. The Labute approximate surface area is 136 Å². The van der Waals surface area contributed by atoms with E-state index in [2.05, 4.69) is 16.8 Å². The summed E-state index contributed by atoms with van der Waals surface area (Å²) in [5.41, 5.74) is 0.976. The second kappa shape index (κ2) is 7.71. The number of benzene rings is 1. The lowest BCUT2D eigenvalue weighted by atomic mass is 10.3. The van der Waals surface area contributed by atoms with E-state index in [0.29, 0.717) is 0 Å². The summed E-state index contributed by atoms with van der Waals surface area (Å²) in [4.78, 5) is 14.1. The van der Waals surface area contributed by atoms with Crippen LogP contribution in [0.25, 0.3) is 0 Å². The van der Waals surface area contributed by atoms with E-state index in [1.807, 2.05) is 42.1 Å². The Morgan fingerprint density at radius 2 is 1.81 bits per heavy atom. The fraction of sp³-hybridized carbons (Fsp3) is 0.467. The van der Waals surface area contributed by atoms with Crippen LogP contribution in [0, 0.1) is 0 Å². The molecule has 0 bridgehead atoms. The first-order valence-corrected chi connectivity index (χ1v) is 8.13. The van der Waals surface area contributed by atoms with Crippen molar-refractivity contribution in [3.05, 3.63) is 30.3 Å². The Morgan fingerprint density at radius 1 is 1.10 bits per heavy atom. The van der Waals surface area contributed by atoms with Crippen LogP contribution in [0.1, 0.15) is 12.8 Å². The Kier molecular flexibility index (Phi) is 5.94. The highest BCUT2D eigenvalue weighted by molar-refractivity contribution is 8.14. The summed E-state index contributed by atoms with van der Waals surface area (Å²) in [5.74, 6) is 1.98. The maximum atomic E-state index is 4.82. The van der Waals surface area contributed by atoms with Crippen LogP contribution in [0.15, 0.2) is 40.3 Å². The second-order valence-electron chi connectivity index (χ2n) is 5.11. The molecule has 0 atom stereocenters. The lowest BCUT2D eigenvalue weighted by molar-refractivity contribution is 0.510. The first-order valence-electron chi connectivity index (χ1n) is 7.14. The number of halogens is 1. The smallest absolute Gasteiger partial charge is 0.228 e. The molecule has 114 valence electrons. The average molecular weight is 325 g/mol. The van der Waals surface area contributed by atoms with Crippen molar-refractivity contribution < 1.29 is 0 Å². The highest BCUT2D eigenvalue weighted by Gasteiger charge is 2.20. The lowest BCUT2D eigenvalue weighted by Gasteiger charge is -2.18. The molecule has 0 saturated carbocycles. The largest absolute Gasteiger partial charge is 0.353 e. The maximum absolute atomic E-state index is 4.82. The molecule has 2 saturated heterocycles. The van der Waals surface area contributed by atoms with E-state index in [9.17, 15) is 0 Å². The SMILES string of the molecule is CN1CCS/C1=N/C(=N/c1ccccc1)N1CCCC1.Cl. The summed E-state index contributed by atoms with van der Waals surface area (Å²) in [7, 11) is 2.10. The molecule has 0 aromatic heterocycles. The molecule has 0 amide bonds. The van der Waals surface area contributed by atoms with Gasteiger partial charge in [-0.25, -0.2) is 4.99 Å². The Hall–Kier alpha value is -1.20. The highest BCUT2D eigenvalue weighted by atomic mass is 35.5. The molecule has 2 heterocycles. The number of thioether (sulfide) groups is 1. The quantitative estimate of drug-likeness (QED) is 0.587. The number of aliphatic imine (C=N–C) groups is 2. The highest BCUT2D eigenvalue weighted by Crippen LogP contribution is 2.20. The van der Waals surface area contributed by atoms with Crippen LogP contribution in [0.3, 0.4) is 0 Å². The predicted molar refractivity (Wildman–Crippen MR) is 94.1 cm³/mol. The van der Waals surface area contributed by atoms with Crippen LogP contribution >= 0.6 is 24.2 Å². The number of hydrogen-bond acceptors (Lipinski definition) is 2. The second-order valence-corrected chi connectivity index (χ2v) is 6.17. The molecule has 0 spiro atoms. The van der Waals surface area contributed by atoms with Crippen molar-refractivity contribution in [1.82, 2.24) is 9.80 Å². The van der Waals surface area contributed by atoms with Crippen LogP contribution in [-0.4, -0.2) is 53.4 Å². The molecule has 4 nitrogen and oxygen atoms in total. The third kappa shape index (κ3) is 4.14. The summed E-state index contributed by atoms with van der Waals surface area (Å²) >= 11 is 1.82. The molecule has 0 N–H and O–H groups in total. The zero-order valence-corrected chi connectivity index (χ0v) is 13.9. The van der Waals surface area contributed by atoms with E-state index in [0.717, 1.165) is 42.2 Å². The van der Waals surface area contributed by atoms with E-state index >= 15 is 0 Å². The summed E-state index contributed by atoms with van der Waals surface area (Å²) in [5, 5.41) is 1.09. The molecule has 0 unspecified atom stereocenters. The van der Waals surface area contributed by atoms with E-state index < -0.39 is 0 Å². The van der Waals surface area contributed by atoms with Gasteiger partial charge in [0.25, 0.3) is 0 Å². The van der Waals surface area contributed by atoms with Gasteiger partial charge >= 0.3 is 0 Å². The summed E-state index contributed by atoms with van der Waals surface area (Å²) in [6.07, 6.45) is 2.48. The number of amidine groups is 1. The molecule has 21 heavy (non-hydrogen) atoms. The average Bonchev–Trinajstić information content (AvgIpc) is 3.12. The standard InChI is InChI=1S/C15H20N4S.ClH/c1-18-11-12-20-15(18)17-14(19-9-5-6-10-19)16-13-7-3-2-4-8-13;/h2-4,7-8H,5-6,9-12H2,1H3;1H/b16-14-,17-15+;. The number of hydrogen-bond donors (Lipinski definition) is 0. The first kappa shape index (κ1) is 16.2. The van der Waals surface area contributed by atoms with Gasteiger partial charge in [-0.05, 0) is 25.0 Å². The van der Waals surface area contributed by atoms with Gasteiger partial charge in [-0.1, -0.05) is 30.0 Å². The molecule has 1 aromatic rings.